The van der Waals surface area contributed by atoms with Gasteiger partial charge < -0.3 is 8.98 Å². The van der Waals surface area contributed by atoms with Crippen LogP contribution in [0.4, 0.5) is 0 Å². The third kappa shape index (κ3) is 3.44. The van der Waals surface area contributed by atoms with Gasteiger partial charge in [0.15, 0.2) is 0 Å². The lowest BCUT2D eigenvalue weighted by Gasteiger charge is -2.13. The molecule has 0 amide bonds. The molecular weight excluding hydrogens is 591 g/mol. The molecule has 2 nitrogen and oxygen atoms in total. The molecule has 11 aromatic rings. The first-order valence-corrected chi connectivity index (χ1v) is 16.8. The smallest absolute Gasteiger partial charge is 0.143 e. The van der Waals surface area contributed by atoms with Gasteiger partial charge in [-0.25, -0.2) is 0 Å². The van der Waals surface area contributed by atoms with Gasteiger partial charge in [0, 0.05) is 63.7 Å². The first-order valence-electron chi connectivity index (χ1n) is 16.0. The molecule has 11 rings (SSSR count). The maximum absolute atomic E-state index is 6.46. The molecule has 3 aromatic heterocycles. The lowest BCUT2D eigenvalue weighted by molar-refractivity contribution is 0.670. The van der Waals surface area contributed by atoms with Crippen molar-refractivity contribution >= 4 is 96.8 Å². The number of benzene rings is 8. The SMILES string of the molecule is c1cc(-c2cccc3c2oc2ccccc23)cc(-n2c3ccccc3c3ccc4c(ccc5ccc6c7ccccc7sc6c54)c32)c1. The highest BCUT2D eigenvalue weighted by Crippen LogP contribution is 2.44. The number of para-hydroxylation sites is 3. The van der Waals surface area contributed by atoms with Crippen molar-refractivity contribution in [2.24, 2.45) is 0 Å². The summed E-state index contributed by atoms with van der Waals surface area (Å²) in [6.45, 7) is 0. The molecule has 0 N–H and O–H groups in total. The van der Waals surface area contributed by atoms with E-state index in [0.717, 1.165) is 38.8 Å². The Labute approximate surface area is 273 Å². The Hall–Kier alpha value is -5.90. The maximum Gasteiger partial charge on any atom is 0.143 e. The summed E-state index contributed by atoms with van der Waals surface area (Å²) in [4.78, 5) is 0. The molecule has 0 saturated heterocycles. The second kappa shape index (κ2) is 9.32. The van der Waals surface area contributed by atoms with E-state index in [4.69, 9.17) is 4.42 Å². The molecule has 0 fully saturated rings. The molecule has 0 aliphatic heterocycles. The Morgan fingerprint density at radius 1 is 0.489 bits per heavy atom. The first-order chi connectivity index (χ1) is 23.3. The standard InChI is InChI=1S/C44H25NOS/c1-4-16-38-30(11-1)34-24-23-33-35(21-19-26-20-22-37-32-13-3-6-18-40(32)47-44(37)41(26)33)42(34)45(38)28-10-7-9-27(25-28)29-14-8-15-36-31-12-2-5-17-39(31)46-43(29)36/h1-25H. The van der Waals surface area contributed by atoms with E-state index in [1.54, 1.807) is 0 Å². The van der Waals surface area contributed by atoms with Gasteiger partial charge >= 0.3 is 0 Å². The fourth-order valence-corrected chi connectivity index (χ4v) is 9.19. The zero-order valence-electron chi connectivity index (χ0n) is 25.2. The Morgan fingerprint density at radius 3 is 2.13 bits per heavy atom. The third-order valence-corrected chi connectivity index (χ3v) is 11.2. The van der Waals surface area contributed by atoms with Crippen molar-refractivity contribution in [1.29, 1.82) is 0 Å². The van der Waals surface area contributed by atoms with Crippen molar-refractivity contribution < 1.29 is 4.42 Å². The van der Waals surface area contributed by atoms with Crippen LogP contribution in [-0.2, 0) is 0 Å². The average molecular weight is 616 g/mol. The number of nitrogens with zero attached hydrogens (tertiary/aromatic N) is 1. The quantitative estimate of drug-likeness (QED) is 0.177. The topological polar surface area (TPSA) is 18.1 Å². The molecule has 0 aliphatic carbocycles. The van der Waals surface area contributed by atoms with Gasteiger partial charge in [-0.1, -0.05) is 121 Å². The largest absolute Gasteiger partial charge is 0.455 e. The van der Waals surface area contributed by atoms with Crippen molar-refractivity contribution in [3.05, 3.63) is 152 Å². The van der Waals surface area contributed by atoms with Crippen LogP contribution >= 0.6 is 11.3 Å². The highest BCUT2D eigenvalue weighted by atomic mass is 32.1. The van der Waals surface area contributed by atoms with Crippen LogP contribution in [-0.4, -0.2) is 4.57 Å². The minimum atomic E-state index is 0.917. The third-order valence-electron chi connectivity index (χ3n) is 9.97. The second-order valence-corrected chi connectivity index (χ2v) is 13.5. The molecule has 0 unspecified atom stereocenters. The van der Waals surface area contributed by atoms with Gasteiger partial charge in [-0.05, 0) is 46.7 Å². The number of rotatable bonds is 2. The van der Waals surface area contributed by atoms with Crippen molar-refractivity contribution in [3.8, 4) is 16.8 Å². The van der Waals surface area contributed by atoms with Gasteiger partial charge in [0.2, 0.25) is 0 Å². The van der Waals surface area contributed by atoms with Crippen LogP contribution < -0.4 is 0 Å². The summed E-state index contributed by atoms with van der Waals surface area (Å²) in [7, 11) is 0. The van der Waals surface area contributed by atoms with Crippen LogP contribution in [0.25, 0.3) is 102 Å². The number of hydrogen-bond donors (Lipinski definition) is 0. The van der Waals surface area contributed by atoms with Crippen LogP contribution in [0.2, 0.25) is 0 Å². The van der Waals surface area contributed by atoms with E-state index >= 15 is 0 Å². The Bertz CT molecular complexity index is 3080. The number of furan rings is 1. The molecule has 8 aromatic carbocycles. The number of fused-ring (bicyclic) bond motifs is 14. The van der Waals surface area contributed by atoms with Gasteiger partial charge in [0.1, 0.15) is 11.2 Å². The summed E-state index contributed by atoms with van der Waals surface area (Å²) in [6.07, 6.45) is 0. The Morgan fingerprint density at radius 2 is 1.19 bits per heavy atom. The van der Waals surface area contributed by atoms with Gasteiger partial charge in [-0.15, -0.1) is 11.3 Å². The van der Waals surface area contributed by atoms with Gasteiger partial charge in [-0.3, -0.25) is 0 Å². The predicted octanol–water partition coefficient (Wildman–Crippen LogP) is 13.0. The van der Waals surface area contributed by atoms with E-state index in [1.165, 1.54) is 63.5 Å². The average Bonchev–Trinajstić information content (AvgIpc) is 3.81. The summed E-state index contributed by atoms with van der Waals surface area (Å²) in [6, 6.07) is 55.2. The summed E-state index contributed by atoms with van der Waals surface area (Å²) < 4.78 is 11.6. The molecule has 0 bridgehead atoms. The zero-order valence-corrected chi connectivity index (χ0v) is 26.0. The zero-order chi connectivity index (χ0) is 30.6. The molecule has 3 heteroatoms. The van der Waals surface area contributed by atoms with Crippen LogP contribution in [0.3, 0.4) is 0 Å². The predicted molar refractivity (Wildman–Crippen MR) is 201 cm³/mol. The Balaban J connectivity index is 1.23. The molecule has 0 radical (unpaired) electrons. The summed E-state index contributed by atoms with van der Waals surface area (Å²) in [5.41, 5.74) is 7.66. The van der Waals surface area contributed by atoms with Gasteiger partial charge in [0.25, 0.3) is 0 Å². The van der Waals surface area contributed by atoms with E-state index < -0.39 is 0 Å². The molecule has 0 saturated carbocycles. The molecule has 0 aliphatic rings. The van der Waals surface area contributed by atoms with E-state index in [0.29, 0.717) is 0 Å². The van der Waals surface area contributed by atoms with E-state index in [1.807, 2.05) is 17.4 Å². The van der Waals surface area contributed by atoms with Gasteiger partial charge in [-0.2, -0.15) is 0 Å². The van der Waals surface area contributed by atoms with Crippen LogP contribution in [0.15, 0.2) is 156 Å². The highest BCUT2D eigenvalue weighted by molar-refractivity contribution is 7.26. The fourth-order valence-electron chi connectivity index (χ4n) is 7.92. The Kier molecular flexibility index (Phi) is 5.02. The molecular formula is C44H25NOS. The van der Waals surface area contributed by atoms with Crippen molar-refractivity contribution in [1.82, 2.24) is 4.57 Å². The lowest BCUT2D eigenvalue weighted by atomic mass is 9.98. The summed E-state index contributed by atoms with van der Waals surface area (Å²) in [5, 5.41) is 12.6. The fraction of sp³-hybridized carbons (Fsp3) is 0. The molecule has 218 valence electrons. The van der Waals surface area contributed by atoms with Crippen molar-refractivity contribution in [2.45, 2.75) is 0 Å². The normalized spacial score (nSPS) is 12.3. The molecule has 3 heterocycles. The van der Waals surface area contributed by atoms with Crippen LogP contribution in [0.1, 0.15) is 0 Å². The number of thiophene rings is 1. The van der Waals surface area contributed by atoms with E-state index in [-0.39, 0.29) is 0 Å². The minimum Gasteiger partial charge on any atom is -0.455 e. The summed E-state index contributed by atoms with van der Waals surface area (Å²) in [5.74, 6) is 0. The number of hydrogen-bond acceptors (Lipinski definition) is 2. The first kappa shape index (κ1) is 25.3. The second-order valence-electron chi connectivity index (χ2n) is 12.4. The molecule has 0 spiro atoms. The van der Waals surface area contributed by atoms with E-state index in [2.05, 4.69) is 150 Å². The van der Waals surface area contributed by atoms with Crippen LogP contribution in [0.5, 0.6) is 0 Å². The highest BCUT2D eigenvalue weighted by Gasteiger charge is 2.19. The van der Waals surface area contributed by atoms with Crippen molar-refractivity contribution in [2.75, 3.05) is 0 Å². The monoisotopic (exact) mass is 615 g/mol. The van der Waals surface area contributed by atoms with Crippen molar-refractivity contribution in [3.63, 3.8) is 0 Å². The lowest BCUT2D eigenvalue weighted by Crippen LogP contribution is -1.95. The molecule has 47 heavy (non-hydrogen) atoms. The maximum atomic E-state index is 6.46. The van der Waals surface area contributed by atoms with Gasteiger partial charge in [0.05, 0.1) is 11.0 Å². The number of aromatic nitrogens is 1. The summed E-state index contributed by atoms with van der Waals surface area (Å²) >= 11 is 1.90. The van der Waals surface area contributed by atoms with E-state index in [9.17, 15) is 0 Å². The minimum absolute atomic E-state index is 0.917. The molecule has 0 atom stereocenters. The van der Waals surface area contributed by atoms with Crippen LogP contribution in [0, 0.1) is 0 Å².